The number of carbonyl (C=O) groups is 1. The van der Waals surface area contributed by atoms with Crippen molar-refractivity contribution < 1.29 is 29.2 Å². The molecule has 0 unspecified atom stereocenters. The fourth-order valence-electron chi connectivity index (χ4n) is 0.754. The van der Waals surface area contributed by atoms with Crippen molar-refractivity contribution in [2.75, 3.05) is 26.8 Å². The van der Waals surface area contributed by atoms with Gasteiger partial charge in [0.2, 0.25) is 0 Å². The predicted molar refractivity (Wildman–Crippen MR) is 46.2 cm³/mol. The maximum absolute atomic E-state index is 10.9. The normalized spacial score (nSPS) is 10.6. The van der Waals surface area contributed by atoms with Crippen LogP contribution in [-0.4, -0.2) is 49.1 Å². The molecule has 0 aromatic rings. The molecule has 0 saturated heterocycles. The molecule has 0 atom stereocenters. The molecule has 14 heavy (non-hydrogen) atoms. The number of rotatable bonds is 8. The molecule has 0 aliphatic rings. The van der Waals surface area contributed by atoms with E-state index in [2.05, 4.69) is 9.47 Å². The summed E-state index contributed by atoms with van der Waals surface area (Å²) in [6, 6.07) is 0. The molecule has 2 N–H and O–H groups in total. The second-order valence-electron chi connectivity index (χ2n) is 2.47. The summed E-state index contributed by atoms with van der Waals surface area (Å²) in [5.74, 6) is -0.377. The summed E-state index contributed by atoms with van der Waals surface area (Å²) in [7, 11) is 0. The zero-order valence-electron chi connectivity index (χ0n) is 8.14. The van der Waals surface area contributed by atoms with Crippen LogP contribution in [0.2, 0.25) is 0 Å². The van der Waals surface area contributed by atoms with Gasteiger partial charge in [-0.25, -0.2) is 0 Å². The van der Waals surface area contributed by atoms with E-state index in [0.717, 1.165) is 0 Å². The summed E-state index contributed by atoms with van der Waals surface area (Å²) < 4.78 is 14.2. The van der Waals surface area contributed by atoms with Gasteiger partial charge in [0.05, 0.1) is 13.2 Å². The number of hydrogen-bond donors (Lipinski definition) is 2. The van der Waals surface area contributed by atoms with Gasteiger partial charge in [-0.05, 0) is 0 Å². The minimum atomic E-state index is -0.596. The van der Waals surface area contributed by atoms with E-state index in [4.69, 9.17) is 14.9 Å². The van der Waals surface area contributed by atoms with Crippen LogP contribution in [0.15, 0.2) is 0 Å². The Morgan fingerprint density at radius 1 is 1.21 bits per heavy atom. The van der Waals surface area contributed by atoms with Gasteiger partial charge >= 0.3 is 5.97 Å². The van der Waals surface area contributed by atoms with Gasteiger partial charge < -0.3 is 24.4 Å². The first-order chi connectivity index (χ1) is 6.74. The molecule has 0 rings (SSSR count). The molecule has 84 valence electrons. The summed E-state index contributed by atoms with van der Waals surface area (Å²) in [4.78, 5) is 10.9. The molecule has 0 aliphatic heterocycles. The highest BCUT2D eigenvalue weighted by Crippen LogP contribution is 1.97. The number of esters is 1. The Balaban J connectivity index is 3.77. The van der Waals surface area contributed by atoms with E-state index in [1.807, 2.05) is 0 Å². The smallest absolute Gasteiger partial charge is 0.305 e. The Kier molecular flexibility index (Phi) is 8.45. The third kappa shape index (κ3) is 6.79. The first-order valence-corrected chi connectivity index (χ1v) is 4.31. The van der Waals surface area contributed by atoms with Gasteiger partial charge in [-0.2, -0.15) is 0 Å². The Morgan fingerprint density at radius 2 is 1.71 bits per heavy atom. The molecule has 0 amide bonds. The average Bonchev–Trinajstić information content (AvgIpc) is 2.21. The van der Waals surface area contributed by atoms with E-state index in [1.165, 1.54) is 0 Å². The molecule has 0 spiro atoms. The van der Waals surface area contributed by atoms with Crippen molar-refractivity contribution in [1.29, 1.82) is 0 Å². The number of ether oxygens (including phenoxy) is 3. The van der Waals surface area contributed by atoms with Crippen LogP contribution in [0.1, 0.15) is 13.3 Å². The largest absolute Gasteiger partial charge is 0.457 e. The van der Waals surface area contributed by atoms with Crippen molar-refractivity contribution in [1.82, 2.24) is 0 Å². The Morgan fingerprint density at radius 3 is 2.07 bits per heavy atom. The third-order valence-electron chi connectivity index (χ3n) is 1.38. The molecule has 0 aromatic heterocycles. The third-order valence-corrected chi connectivity index (χ3v) is 1.38. The predicted octanol–water partition coefficient (Wildman–Crippen LogP) is -0.759. The Bertz CT molecular complexity index is 141. The molecular weight excluding hydrogens is 192 g/mol. The summed E-state index contributed by atoms with van der Waals surface area (Å²) >= 11 is 0. The van der Waals surface area contributed by atoms with E-state index in [1.54, 1.807) is 6.92 Å². The van der Waals surface area contributed by atoms with Crippen molar-refractivity contribution >= 4 is 5.97 Å². The fourth-order valence-corrected chi connectivity index (χ4v) is 0.754. The quantitative estimate of drug-likeness (QED) is 0.403. The summed E-state index contributed by atoms with van der Waals surface area (Å²) in [5.41, 5.74) is 0. The zero-order valence-corrected chi connectivity index (χ0v) is 8.14. The zero-order chi connectivity index (χ0) is 10.8. The van der Waals surface area contributed by atoms with Crippen molar-refractivity contribution in [3.8, 4) is 0 Å². The van der Waals surface area contributed by atoms with E-state index in [9.17, 15) is 4.79 Å². The van der Waals surface area contributed by atoms with Crippen LogP contribution in [0, 0.1) is 0 Å². The first kappa shape index (κ1) is 13.3. The van der Waals surface area contributed by atoms with Gasteiger partial charge in [0.15, 0.2) is 0 Å². The lowest BCUT2D eigenvalue weighted by molar-refractivity contribution is -0.161. The summed E-state index contributed by atoms with van der Waals surface area (Å²) in [5, 5.41) is 16.8. The van der Waals surface area contributed by atoms with E-state index >= 15 is 0 Å². The van der Waals surface area contributed by atoms with Gasteiger partial charge in [-0.3, -0.25) is 4.79 Å². The summed E-state index contributed by atoms with van der Waals surface area (Å²) in [6.45, 7) is 0.863. The highest BCUT2D eigenvalue weighted by Gasteiger charge is 2.13. The van der Waals surface area contributed by atoms with Crippen LogP contribution in [-0.2, 0) is 19.0 Å². The number of aliphatic hydroxyl groups is 2. The van der Waals surface area contributed by atoms with Crippen molar-refractivity contribution in [3.63, 3.8) is 0 Å². The molecule has 0 bridgehead atoms. The summed E-state index contributed by atoms with van der Waals surface area (Å²) in [6.07, 6.45) is -0.337. The molecular formula is C8H16O6. The highest BCUT2D eigenvalue weighted by atomic mass is 16.6. The molecule has 0 radical (unpaired) electrons. The van der Waals surface area contributed by atoms with E-state index < -0.39 is 19.7 Å². The van der Waals surface area contributed by atoms with Gasteiger partial charge in [0.1, 0.15) is 19.7 Å². The molecule has 6 nitrogen and oxygen atoms in total. The van der Waals surface area contributed by atoms with Crippen LogP contribution >= 0.6 is 0 Å². The second-order valence-corrected chi connectivity index (χ2v) is 2.47. The minimum Gasteiger partial charge on any atom is -0.457 e. The van der Waals surface area contributed by atoms with Gasteiger partial charge in [-0.1, -0.05) is 6.92 Å². The van der Waals surface area contributed by atoms with Crippen LogP contribution in [0.25, 0.3) is 0 Å². The fraction of sp³-hybridized carbons (Fsp3) is 0.875. The maximum Gasteiger partial charge on any atom is 0.305 e. The maximum atomic E-state index is 10.9. The minimum absolute atomic E-state index is 0.0439. The molecule has 6 heteroatoms. The van der Waals surface area contributed by atoms with Crippen molar-refractivity contribution in [2.45, 2.75) is 19.4 Å². The standard InChI is InChI=1S/C8H16O6/c1-2-8(11)14-7(3-12-5-9)4-13-6-10/h7,9-10H,2-6H2,1H3. The monoisotopic (exact) mass is 208 g/mol. The molecule has 0 aromatic carbocycles. The Labute approximate surface area is 82.4 Å². The van der Waals surface area contributed by atoms with Crippen LogP contribution < -0.4 is 0 Å². The van der Waals surface area contributed by atoms with Gasteiger partial charge in [-0.15, -0.1) is 0 Å². The number of hydrogen-bond acceptors (Lipinski definition) is 6. The van der Waals surface area contributed by atoms with E-state index in [-0.39, 0.29) is 25.6 Å². The van der Waals surface area contributed by atoms with Crippen LogP contribution in [0.4, 0.5) is 0 Å². The highest BCUT2D eigenvalue weighted by molar-refractivity contribution is 5.69. The number of aliphatic hydroxyl groups excluding tert-OH is 2. The van der Waals surface area contributed by atoms with E-state index in [0.29, 0.717) is 0 Å². The van der Waals surface area contributed by atoms with Crippen LogP contribution in [0.5, 0.6) is 0 Å². The molecule has 0 heterocycles. The van der Waals surface area contributed by atoms with Crippen LogP contribution in [0.3, 0.4) is 0 Å². The lowest BCUT2D eigenvalue weighted by Crippen LogP contribution is -2.28. The molecule has 0 fully saturated rings. The van der Waals surface area contributed by atoms with Crippen molar-refractivity contribution in [2.24, 2.45) is 0 Å². The first-order valence-electron chi connectivity index (χ1n) is 4.31. The number of carbonyl (C=O) groups excluding carboxylic acids is 1. The lowest BCUT2D eigenvalue weighted by atomic mass is 10.4. The lowest BCUT2D eigenvalue weighted by Gasteiger charge is -2.16. The molecule has 0 saturated carbocycles. The van der Waals surface area contributed by atoms with Gasteiger partial charge in [0, 0.05) is 6.42 Å². The second kappa shape index (κ2) is 8.89. The van der Waals surface area contributed by atoms with Gasteiger partial charge in [0.25, 0.3) is 0 Å². The topological polar surface area (TPSA) is 85.2 Å². The SMILES string of the molecule is CCC(=O)OC(COCO)COCO. The Hall–Kier alpha value is -0.690. The average molecular weight is 208 g/mol. The van der Waals surface area contributed by atoms with Crippen molar-refractivity contribution in [3.05, 3.63) is 0 Å². The molecule has 0 aliphatic carbocycles.